The normalized spacial score (nSPS) is 9.75. The molecule has 4 nitrogen and oxygen atoms in total. The lowest BCUT2D eigenvalue weighted by Crippen LogP contribution is -2.05. The van der Waals surface area contributed by atoms with Crippen LogP contribution < -0.4 is 5.11 Å². The van der Waals surface area contributed by atoms with Crippen LogP contribution in [-0.2, 0) is 0 Å². The Morgan fingerprint density at radius 3 is 2.50 bits per heavy atom. The van der Waals surface area contributed by atoms with Crippen LogP contribution in [0.15, 0.2) is 12.1 Å². The van der Waals surface area contributed by atoms with Crippen LogP contribution in [0, 0.1) is 6.92 Å². The van der Waals surface area contributed by atoms with Crippen molar-refractivity contribution in [3.63, 3.8) is 0 Å². The fourth-order valence-electron chi connectivity index (χ4n) is 1.01. The lowest BCUT2D eigenvalue weighted by Gasteiger charge is -2.12. The molecule has 0 atom stereocenters. The summed E-state index contributed by atoms with van der Waals surface area (Å²) in [5, 5.41) is 28.4. The first-order chi connectivity index (χ1) is 5.52. The molecule has 0 aliphatic heterocycles. The van der Waals surface area contributed by atoms with Gasteiger partial charge in [-0.1, -0.05) is 5.75 Å². The third-order valence-electron chi connectivity index (χ3n) is 1.50. The summed E-state index contributed by atoms with van der Waals surface area (Å²) >= 11 is 0. The first-order valence-electron chi connectivity index (χ1n) is 3.26. The predicted octanol–water partition coefficient (Wildman–Crippen LogP) is 0.472. The lowest BCUT2D eigenvalue weighted by molar-refractivity contribution is -0.269. The summed E-state index contributed by atoms with van der Waals surface area (Å²) in [4.78, 5) is 10.5. The number of aromatic carboxylic acids is 1. The molecule has 0 aliphatic carbocycles. The fourth-order valence-corrected chi connectivity index (χ4v) is 1.01. The van der Waals surface area contributed by atoms with Crippen LogP contribution in [0.1, 0.15) is 15.9 Å². The number of carboxylic acids is 1. The molecule has 1 rings (SSSR count). The molecule has 0 aliphatic rings. The molecule has 0 saturated heterocycles. The van der Waals surface area contributed by atoms with Gasteiger partial charge in [0.05, 0.1) is 5.56 Å². The van der Waals surface area contributed by atoms with E-state index in [0.717, 1.165) is 6.07 Å². The summed E-state index contributed by atoms with van der Waals surface area (Å²) in [6.07, 6.45) is 0. The Kier molecular flexibility index (Phi) is 1.91. The quantitative estimate of drug-likeness (QED) is 0.637. The maximum atomic E-state index is 11.0. The molecule has 12 heavy (non-hydrogen) atoms. The second-order valence-corrected chi connectivity index (χ2v) is 2.44. The van der Waals surface area contributed by atoms with Gasteiger partial charge in [0.1, 0.15) is 5.75 Å². The van der Waals surface area contributed by atoms with E-state index in [4.69, 9.17) is 10.2 Å². The van der Waals surface area contributed by atoms with Crippen LogP contribution in [0.3, 0.4) is 0 Å². The smallest absolute Gasteiger partial charge is 0.335 e. The minimum absolute atomic E-state index is 0.206. The minimum atomic E-state index is -1.27. The van der Waals surface area contributed by atoms with Crippen LogP contribution in [0.2, 0.25) is 0 Å². The molecular formula is C8H7O4-. The summed E-state index contributed by atoms with van der Waals surface area (Å²) in [5.74, 6) is -2.14. The average Bonchev–Trinajstić information content (AvgIpc) is 1.82. The number of aryl methyl sites for hydroxylation is 1. The summed E-state index contributed by atoms with van der Waals surface area (Å²) in [5.41, 5.74) is -0.0136. The third kappa shape index (κ3) is 1.32. The molecule has 4 heteroatoms. The van der Waals surface area contributed by atoms with Gasteiger partial charge in [0.25, 0.3) is 0 Å². The molecule has 1 aromatic rings. The second-order valence-electron chi connectivity index (χ2n) is 2.44. The standard InChI is InChI=1S/C8H8O4/c1-4-2-5(9)3-6(10)7(4)8(11)12/h2-3,9-10H,1H3,(H,11,12)/p-1. The van der Waals surface area contributed by atoms with Crippen molar-refractivity contribution in [2.45, 2.75) is 6.92 Å². The highest BCUT2D eigenvalue weighted by molar-refractivity contribution is 5.92. The molecule has 0 amide bonds. The number of rotatable bonds is 1. The van der Waals surface area contributed by atoms with Crippen molar-refractivity contribution < 1.29 is 20.1 Å². The van der Waals surface area contributed by atoms with E-state index in [1.165, 1.54) is 13.0 Å². The van der Waals surface area contributed by atoms with Crippen LogP contribution in [0.5, 0.6) is 11.5 Å². The van der Waals surface area contributed by atoms with Gasteiger partial charge in [0.15, 0.2) is 0 Å². The monoisotopic (exact) mass is 167 g/mol. The Bertz CT molecular complexity index is 307. The van der Waals surface area contributed by atoms with Gasteiger partial charge in [-0.05, 0) is 24.6 Å². The molecule has 0 spiro atoms. The summed E-state index contributed by atoms with van der Waals surface area (Å²) in [6, 6.07) is 2.13. The lowest BCUT2D eigenvalue weighted by atomic mass is 10.1. The van der Waals surface area contributed by atoms with Crippen LogP contribution in [-0.4, -0.2) is 16.2 Å². The van der Waals surface area contributed by atoms with E-state index in [-0.39, 0.29) is 16.9 Å². The van der Waals surface area contributed by atoms with Crippen molar-refractivity contribution in [3.05, 3.63) is 23.3 Å². The van der Waals surface area contributed by atoms with E-state index in [2.05, 4.69) is 0 Å². The van der Waals surface area contributed by atoms with Gasteiger partial charge >= 0.3 is 5.97 Å². The Hall–Kier alpha value is -1.71. The number of phenolic OH excluding ortho intramolecular Hbond substituents is 1. The van der Waals surface area contributed by atoms with Crippen molar-refractivity contribution in [3.8, 4) is 11.5 Å². The number of phenols is 1. The summed E-state index contributed by atoms with van der Waals surface area (Å²) in [6.45, 7) is 1.46. The highest BCUT2D eigenvalue weighted by Crippen LogP contribution is 2.24. The number of carboxylic acid groups (broad SMARTS) is 1. The fraction of sp³-hybridized carbons (Fsp3) is 0.125. The summed E-state index contributed by atoms with van der Waals surface area (Å²) < 4.78 is 0. The van der Waals surface area contributed by atoms with Gasteiger partial charge in [-0.25, -0.2) is 4.79 Å². The SMILES string of the molecule is Cc1cc(O)cc([O-])c1C(=O)O. The number of carbonyl (C=O) groups is 1. The van der Waals surface area contributed by atoms with Crippen LogP contribution in [0.25, 0.3) is 0 Å². The zero-order valence-electron chi connectivity index (χ0n) is 6.37. The van der Waals surface area contributed by atoms with Gasteiger partial charge in [-0.15, -0.1) is 0 Å². The largest absolute Gasteiger partial charge is 0.872 e. The molecule has 0 fully saturated rings. The van der Waals surface area contributed by atoms with Gasteiger partial charge in [-0.2, -0.15) is 0 Å². The third-order valence-corrected chi connectivity index (χ3v) is 1.50. The molecule has 0 saturated carbocycles. The zero-order valence-corrected chi connectivity index (χ0v) is 6.37. The van der Waals surface area contributed by atoms with E-state index >= 15 is 0 Å². The van der Waals surface area contributed by atoms with E-state index in [9.17, 15) is 9.90 Å². The van der Waals surface area contributed by atoms with Gasteiger partial charge in [0, 0.05) is 0 Å². The number of hydrogen-bond donors (Lipinski definition) is 2. The molecule has 1 aromatic carbocycles. The van der Waals surface area contributed by atoms with E-state index < -0.39 is 11.7 Å². The maximum absolute atomic E-state index is 11.0. The molecule has 0 radical (unpaired) electrons. The van der Waals surface area contributed by atoms with Crippen molar-refractivity contribution in [2.24, 2.45) is 0 Å². The highest BCUT2D eigenvalue weighted by atomic mass is 16.4. The summed E-state index contributed by atoms with van der Waals surface area (Å²) in [7, 11) is 0. The Morgan fingerprint density at radius 1 is 1.50 bits per heavy atom. The van der Waals surface area contributed by atoms with E-state index in [1.54, 1.807) is 0 Å². The van der Waals surface area contributed by atoms with E-state index in [0.29, 0.717) is 0 Å². The van der Waals surface area contributed by atoms with Gasteiger partial charge in [-0.3, -0.25) is 0 Å². The number of hydrogen-bond acceptors (Lipinski definition) is 3. The van der Waals surface area contributed by atoms with Crippen LogP contribution in [0.4, 0.5) is 0 Å². The molecule has 0 unspecified atom stereocenters. The predicted molar refractivity (Wildman–Crippen MR) is 39.2 cm³/mol. The van der Waals surface area contributed by atoms with E-state index in [1.807, 2.05) is 0 Å². The molecule has 0 heterocycles. The highest BCUT2D eigenvalue weighted by Gasteiger charge is 2.08. The van der Waals surface area contributed by atoms with Crippen molar-refractivity contribution in [1.29, 1.82) is 0 Å². The van der Waals surface area contributed by atoms with Gasteiger partial charge in [0.2, 0.25) is 0 Å². The van der Waals surface area contributed by atoms with Gasteiger partial charge < -0.3 is 15.3 Å². The average molecular weight is 167 g/mol. The number of benzene rings is 1. The molecular weight excluding hydrogens is 160 g/mol. The zero-order chi connectivity index (χ0) is 9.30. The Balaban J connectivity index is 3.38. The second kappa shape index (κ2) is 2.73. The first-order valence-corrected chi connectivity index (χ1v) is 3.26. The minimum Gasteiger partial charge on any atom is -0.872 e. The topological polar surface area (TPSA) is 80.6 Å². The molecule has 64 valence electrons. The van der Waals surface area contributed by atoms with Crippen molar-refractivity contribution >= 4 is 5.97 Å². The molecule has 2 N–H and O–H groups in total. The molecule has 0 aromatic heterocycles. The van der Waals surface area contributed by atoms with Crippen molar-refractivity contribution in [2.75, 3.05) is 0 Å². The Morgan fingerprint density at radius 2 is 2.08 bits per heavy atom. The maximum Gasteiger partial charge on any atom is 0.335 e. The number of aromatic hydroxyl groups is 1. The van der Waals surface area contributed by atoms with Crippen LogP contribution >= 0.6 is 0 Å². The first kappa shape index (κ1) is 8.39. The molecule has 0 bridgehead atoms. The Labute approximate surface area is 68.7 Å². The van der Waals surface area contributed by atoms with Crippen molar-refractivity contribution in [1.82, 2.24) is 0 Å².